The van der Waals surface area contributed by atoms with E-state index in [1.165, 1.54) is 17.2 Å². The largest absolute Gasteiger partial charge is 0.375 e. The minimum absolute atomic E-state index is 0.154. The number of thioether (sulfide) groups is 1. The van der Waals surface area contributed by atoms with Gasteiger partial charge in [0.25, 0.3) is 0 Å². The molecule has 0 aliphatic carbocycles. The predicted octanol–water partition coefficient (Wildman–Crippen LogP) is 3.43. The number of carbonyl (C=O) groups excluding carboxylic acids is 1. The highest BCUT2D eigenvalue weighted by Crippen LogP contribution is 2.20. The molecule has 5 nitrogen and oxygen atoms in total. The van der Waals surface area contributed by atoms with E-state index in [9.17, 15) is 4.79 Å². The van der Waals surface area contributed by atoms with Crippen LogP contribution in [0.3, 0.4) is 0 Å². The fourth-order valence-corrected chi connectivity index (χ4v) is 3.98. The van der Waals surface area contributed by atoms with Crippen LogP contribution in [0.2, 0.25) is 0 Å². The van der Waals surface area contributed by atoms with Crippen molar-refractivity contribution < 1.29 is 9.53 Å². The lowest BCUT2D eigenvalue weighted by molar-refractivity contribution is 0.104. The SMILES string of the molecule is COC(CNC(=O)NCc1ccc(N2CCSCC2)cc1)c1ccccc1. The third-order valence-electron chi connectivity index (χ3n) is 4.67. The molecule has 0 radical (unpaired) electrons. The Hall–Kier alpha value is -2.18. The number of urea groups is 1. The molecule has 1 atom stereocenters. The Morgan fingerprint density at radius 2 is 1.78 bits per heavy atom. The quantitative estimate of drug-likeness (QED) is 0.767. The molecule has 2 N–H and O–H groups in total. The highest BCUT2D eigenvalue weighted by molar-refractivity contribution is 7.99. The summed E-state index contributed by atoms with van der Waals surface area (Å²) in [6.07, 6.45) is -0.154. The molecule has 1 heterocycles. The van der Waals surface area contributed by atoms with E-state index in [4.69, 9.17) is 4.74 Å². The summed E-state index contributed by atoms with van der Waals surface area (Å²) in [7, 11) is 1.65. The maximum absolute atomic E-state index is 12.1. The van der Waals surface area contributed by atoms with Crippen LogP contribution in [0.4, 0.5) is 10.5 Å². The number of nitrogens with one attached hydrogen (secondary N) is 2. The zero-order valence-electron chi connectivity index (χ0n) is 15.7. The molecule has 3 rings (SSSR count). The molecule has 1 fully saturated rings. The molecule has 0 spiro atoms. The number of methoxy groups -OCH3 is 1. The number of benzene rings is 2. The number of ether oxygens (including phenoxy) is 1. The Labute approximate surface area is 165 Å². The summed E-state index contributed by atoms with van der Waals surface area (Å²) in [5.74, 6) is 2.38. The van der Waals surface area contributed by atoms with E-state index >= 15 is 0 Å². The summed E-state index contributed by atoms with van der Waals surface area (Å²) in [6.45, 7) is 3.14. The fourth-order valence-electron chi connectivity index (χ4n) is 3.08. The van der Waals surface area contributed by atoms with Crippen molar-refractivity contribution in [2.24, 2.45) is 0 Å². The van der Waals surface area contributed by atoms with Gasteiger partial charge in [0.2, 0.25) is 0 Å². The molecule has 0 bridgehead atoms. The number of hydrogen-bond acceptors (Lipinski definition) is 4. The number of nitrogens with zero attached hydrogens (tertiary/aromatic N) is 1. The molecule has 1 saturated heterocycles. The van der Waals surface area contributed by atoms with Crippen molar-refractivity contribution in [1.29, 1.82) is 0 Å². The smallest absolute Gasteiger partial charge is 0.315 e. The summed E-state index contributed by atoms with van der Waals surface area (Å²) in [5.41, 5.74) is 3.40. The van der Waals surface area contributed by atoms with Gasteiger partial charge in [-0.15, -0.1) is 0 Å². The van der Waals surface area contributed by atoms with Crippen molar-refractivity contribution >= 4 is 23.5 Å². The average molecular weight is 386 g/mol. The Kier molecular flexibility index (Phi) is 7.42. The van der Waals surface area contributed by atoms with Crippen LogP contribution in [-0.4, -0.2) is 44.3 Å². The zero-order chi connectivity index (χ0) is 18.9. The van der Waals surface area contributed by atoms with Gasteiger partial charge in [-0.25, -0.2) is 4.79 Å². The van der Waals surface area contributed by atoms with Crippen molar-refractivity contribution in [3.63, 3.8) is 0 Å². The summed E-state index contributed by atoms with van der Waals surface area (Å²) in [6, 6.07) is 18.1. The Morgan fingerprint density at radius 3 is 2.44 bits per heavy atom. The molecule has 0 saturated carbocycles. The van der Waals surface area contributed by atoms with Crippen molar-refractivity contribution in [3.8, 4) is 0 Å². The van der Waals surface area contributed by atoms with E-state index in [2.05, 4.69) is 39.8 Å². The van der Waals surface area contributed by atoms with Crippen molar-refractivity contribution in [2.45, 2.75) is 12.6 Å². The van der Waals surface area contributed by atoms with Crippen LogP contribution in [-0.2, 0) is 11.3 Å². The highest BCUT2D eigenvalue weighted by Gasteiger charge is 2.12. The van der Waals surface area contributed by atoms with E-state index < -0.39 is 0 Å². The topological polar surface area (TPSA) is 53.6 Å². The summed E-state index contributed by atoms with van der Waals surface area (Å²) < 4.78 is 5.47. The van der Waals surface area contributed by atoms with E-state index in [1.54, 1.807) is 7.11 Å². The van der Waals surface area contributed by atoms with Crippen molar-refractivity contribution in [2.75, 3.05) is 43.1 Å². The number of amides is 2. The Morgan fingerprint density at radius 1 is 1.07 bits per heavy atom. The van der Waals surface area contributed by atoms with E-state index in [0.29, 0.717) is 13.1 Å². The van der Waals surface area contributed by atoms with Gasteiger partial charge in [-0.3, -0.25) is 0 Å². The molecule has 0 aromatic heterocycles. The molecule has 2 aromatic carbocycles. The monoisotopic (exact) mass is 385 g/mol. The maximum atomic E-state index is 12.1. The minimum Gasteiger partial charge on any atom is -0.375 e. The van der Waals surface area contributed by atoms with Crippen LogP contribution in [0.1, 0.15) is 17.2 Å². The highest BCUT2D eigenvalue weighted by atomic mass is 32.2. The molecule has 1 aliphatic rings. The standard InChI is InChI=1S/C21H27N3O2S/c1-26-20(18-5-3-2-4-6-18)16-23-21(25)22-15-17-7-9-19(10-8-17)24-11-13-27-14-12-24/h2-10,20H,11-16H2,1H3,(H2,22,23,25). The molecule has 1 unspecified atom stereocenters. The van der Waals surface area contributed by atoms with E-state index in [-0.39, 0.29) is 12.1 Å². The molecule has 2 amide bonds. The van der Waals surface area contributed by atoms with Gasteiger partial charge >= 0.3 is 6.03 Å². The van der Waals surface area contributed by atoms with Gasteiger partial charge in [-0.05, 0) is 23.3 Å². The lowest BCUT2D eigenvalue weighted by atomic mass is 10.1. The molecule has 144 valence electrons. The molecular weight excluding hydrogens is 358 g/mol. The normalized spacial score (nSPS) is 15.2. The maximum Gasteiger partial charge on any atom is 0.315 e. The first-order valence-electron chi connectivity index (χ1n) is 9.27. The van der Waals surface area contributed by atoms with Gasteiger partial charge in [0, 0.05) is 50.5 Å². The number of carbonyl (C=O) groups is 1. The lowest BCUT2D eigenvalue weighted by Crippen LogP contribution is -2.37. The second kappa shape index (κ2) is 10.2. The van der Waals surface area contributed by atoms with Crippen LogP contribution in [0.25, 0.3) is 0 Å². The Bertz CT molecular complexity index is 703. The van der Waals surface area contributed by atoms with Crippen molar-refractivity contribution in [3.05, 3.63) is 65.7 Å². The first-order valence-corrected chi connectivity index (χ1v) is 10.4. The van der Waals surface area contributed by atoms with Gasteiger partial charge < -0.3 is 20.3 Å². The molecular formula is C21H27N3O2S. The van der Waals surface area contributed by atoms with E-state index in [0.717, 1.165) is 24.2 Å². The molecule has 27 heavy (non-hydrogen) atoms. The minimum atomic E-state index is -0.190. The van der Waals surface area contributed by atoms with Crippen LogP contribution in [0, 0.1) is 0 Å². The second-order valence-electron chi connectivity index (χ2n) is 6.46. The van der Waals surface area contributed by atoms with Crippen LogP contribution < -0.4 is 15.5 Å². The summed E-state index contributed by atoms with van der Waals surface area (Å²) in [5, 5.41) is 5.79. The van der Waals surface area contributed by atoms with Gasteiger partial charge in [0.05, 0.1) is 6.10 Å². The third kappa shape index (κ3) is 5.91. The van der Waals surface area contributed by atoms with E-state index in [1.807, 2.05) is 42.1 Å². The molecule has 1 aliphatic heterocycles. The van der Waals surface area contributed by atoms with Gasteiger partial charge in [0.1, 0.15) is 0 Å². The number of anilines is 1. The summed E-state index contributed by atoms with van der Waals surface area (Å²) >= 11 is 2.01. The number of hydrogen-bond donors (Lipinski definition) is 2. The van der Waals surface area contributed by atoms with Crippen LogP contribution in [0.5, 0.6) is 0 Å². The van der Waals surface area contributed by atoms with Crippen molar-refractivity contribution in [1.82, 2.24) is 10.6 Å². The molecule has 6 heteroatoms. The van der Waals surface area contributed by atoms with Crippen LogP contribution >= 0.6 is 11.8 Å². The second-order valence-corrected chi connectivity index (χ2v) is 7.69. The first kappa shape index (κ1) is 19.6. The van der Waals surface area contributed by atoms with Crippen LogP contribution in [0.15, 0.2) is 54.6 Å². The summed E-state index contributed by atoms with van der Waals surface area (Å²) in [4.78, 5) is 14.5. The Balaban J connectivity index is 1.43. The average Bonchev–Trinajstić information content (AvgIpc) is 2.74. The lowest BCUT2D eigenvalue weighted by Gasteiger charge is -2.28. The van der Waals surface area contributed by atoms with Gasteiger partial charge in [-0.2, -0.15) is 11.8 Å². The first-order chi connectivity index (χ1) is 13.3. The zero-order valence-corrected chi connectivity index (χ0v) is 16.5. The fraction of sp³-hybridized carbons (Fsp3) is 0.381. The van der Waals surface area contributed by atoms with Gasteiger partial charge in [0.15, 0.2) is 0 Å². The van der Waals surface area contributed by atoms with Gasteiger partial charge in [-0.1, -0.05) is 42.5 Å². The molecule has 2 aromatic rings. The predicted molar refractivity (Wildman–Crippen MR) is 112 cm³/mol. The third-order valence-corrected chi connectivity index (χ3v) is 5.61. The number of rotatable bonds is 7.